The first-order chi connectivity index (χ1) is 8.02. The molecule has 0 aromatic heterocycles. The fraction of sp³-hybridized carbons (Fsp3) is 0.500. The number of carbonyl (C=O) groups is 2. The normalized spacial score (nSPS) is 9.53. The average molecular weight is 240 g/mol. The van der Waals surface area contributed by atoms with Gasteiger partial charge in [-0.05, 0) is 12.4 Å². The monoisotopic (exact) mass is 240 g/mol. The minimum absolute atomic E-state index is 0.0694. The molecule has 2 amide bonds. The first kappa shape index (κ1) is 15.4. The minimum atomic E-state index is -0.0694. The van der Waals surface area contributed by atoms with E-state index in [1.807, 2.05) is 0 Å². The number of nitrogens with zero attached hydrogens (tertiary/aromatic N) is 2. The van der Waals surface area contributed by atoms with Gasteiger partial charge in [-0.3, -0.25) is 9.59 Å². The maximum atomic E-state index is 11.0. The molecule has 0 unspecified atom stereocenters. The van der Waals surface area contributed by atoms with Gasteiger partial charge in [-0.15, -0.1) is 0 Å². The Kier molecular flexibility index (Phi) is 7.71. The third kappa shape index (κ3) is 6.52. The van der Waals surface area contributed by atoms with Gasteiger partial charge in [0.05, 0.1) is 13.2 Å². The van der Waals surface area contributed by atoms with Gasteiger partial charge in [0.15, 0.2) is 0 Å². The number of ether oxygens (including phenoxy) is 1. The quantitative estimate of drug-likeness (QED) is 0.594. The lowest BCUT2D eigenvalue weighted by Crippen LogP contribution is -2.29. The maximum absolute atomic E-state index is 11.0. The highest BCUT2D eigenvalue weighted by Gasteiger charge is 2.05. The van der Waals surface area contributed by atoms with Gasteiger partial charge < -0.3 is 14.5 Å². The van der Waals surface area contributed by atoms with E-state index in [4.69, 9.17) is 4.74 Å². The van der Waals surface area contributed by atoms with Crippen LogP contribution in [0.4, 0.5) is 0 Å². The Balaban J connectivity index is 3.71. The van der Waals surface area contributed by atoms with Crippen LogP contribution in [0.25, 0.3) is 0 Å². The number of amides is 2. The van der Waals surface area contributed by atoms with Gasteiger partial charge in [0.2, 0.25) is 11.8 Å². The van der Waals surface area contributed by atoms with E-state index in [-0.39, 0.29) is 11.8 Å². The minimum Gasteiger partial charge on any atom is -0.378 e. The van der Waals surface area contributed by atoms with Crippen LogP contribution >= 0.6 is 0 Å². The van der Waals surface area contributed by atoms with E-state index < -0.39 is 0 Å². The molecule has 0 spiro atoms. The highest BCUT2D eigenvalue weighted by Crippen LogP contribution is 1.92. The molecule has 96 valence electrons. The molecular weight excluding hydrogens is 220 g/mol. The van der Waals surface area contributed by atoms with Crippen LogP contribution in [-0.4, -0.2) is 47.9 Å². The van der Waals surface area contributed by atoms with Crippen LogP contribution in [0.5, 0.6) is 0 Å². The van der Waals surface area contributed by atoms with Crippen molar-refractivity contribution in [2.24, 2.45) is 0 Å². The van der Waals surface area contributed by atoms with Crippen LogP contribution in [0.1, 0.15) is 13.8 Å². The van der Waals surface area contributed by atoms with Crippen molar-refractivity contribution in [1.29, 1.82) is 0 Å². The van der Waals surface area contributed by atoms with Gasteiger partial charge in [-0.1, -0.05) is 13.2 Å². The van der Waals surface area contributed by atoms with E-state index in [2.05, 4.69) is 13.2 Å². The lowest BCUT2D eigenvalue weighted by atomic mass is 10.5. The second-order valence-corrected chi connectivity index (χ2v) is 3.40. The molecule has 0 saturated heterocycles. The average Bonchev–Trinajstić information content (AvgIpc) is 2.27. The SMILES string of the molecule is C=CN(CCOCCN(C=C)C(C)=O)C(C)=O. The second kappa shape index (κ2) is 8.52. The van der Waals surface area contributed by atoms with Crippen molar-refractivity contribution in [2.45, 2.75) is 13.8 Å². The molecule has 0 aromatic rings. The van der Waals surface area contributed by atoms with Crippen molar-refractivity contribution in [2.75, 3.05) is 26.3 Å². The molecule has 0 aliphatic carbocycles. The van der Waals surface area contributed by atoms with Gasteiger partial charge in [-0.25, -0.2) is 0 Å². The third-order valence-corrected chi connectivity index (χ3v) is 2.20. The maximum Gasteiger partial charge on any atom is 0.223 e. The number of rotatable bonds is 8. The number of hydrogen-bond donors (Lipinski definition) is 0. The molecule has 0 fully saturated rings. The Morgan fingerprint density at radius 3 is 1.59 bits per heavy atom. The molecule has 5 heteroatoms. The molecule has 0 aromatic carbocycles. The molecule has 0 saturated carbocycles. The molecule has 5 nitrogen and oxygen atoms in total. The van der Waals surface area contributed by atoms with Crippen molar-refractivity contribution < 1.29 is 14.3 Å². The van der Waals surface area contributed by atoms with E-state index in [0.29, 0.717) is 26.3 Å². The summed E-state index contributed by atoms with van der Waals surface area (Å²) < 4.78 is 5.32. The van der Waals surface area contributed by atoms with E-state index in [1.54, 1.807) is 0 Å². The summed E-state index contributed by atoms with van der Waals surface area (Å²) >= 11 is 0. The fourth-order valence-corrected chi connectivity index (χ4v) is 1.18. The van der Waals surface area contributed by atoms with Gasteiger partial charge in [-0.2, -0.15) is 0 Å². The summed E-state index contributed by atoms with van der Waals surface area (Å²) in [5, 5.41) is 0. The topological polar surface area (TPSA) is 49.9 Å². The Bertz CT molecular complexity index is 261. The first-order valence-electron chi connectivity index (χ1n) is 5.40. The van der Waals surface area contributed by atoms with Crippen LogP contribution < -0.4 is 0 Å². The van der Waals surface area contributed by atoms with Crippen molar-refractivity contribution in [3.05, 3.63) is 25.6 Å². The summed E-state index contributed by atoms with van der Waals surface area (Å²) in [6.45, 7) is 11.7. The molecule has 0 heterocycles. The Morgan fingerprint density at radius 2 is 1.35 bits per heavy atom. The van der Waals surface area contributed by atoms with Crippen LogP contribution in [0, 0.1) is 0 Å². The zero-order chi connectivity index (χ0) is 13.3. The largest absolute Gasteiger partial charge is 0.378 e. The molecule has 17 heavy (non-hydrogen) atoms. The predicted molar refractivity (Wildman–Crippen MR) is 66.0 cm³/mol. The third-order valence-electron chi connectivity index (χ3n) is 2.20. The van der Waals surface area contributed by atoms with E-state index in [0.717, 1.165) is 0 Å². The number of carbonyl (C=O) groups excluding carboxylic acids is 2. The second-order valence-electron chi connectivity index (χ2n) is 3.40. The highest BCUT2D eigenvalue weighted by atomic mass is 16.5. The van der Waals surface area contributed by atoms with Crippen LogP contribution in [-0.2, 0) is 14.3 Å². The fourth-order valence-electron chi connectivity index (χ4n) is 1.18. The standard InChI is InChI=1S/C12H20N2O3/c1-5-13(11(3)15)7-9-17-10-8-14(6-2)12(4)16/h5-6H,1-2,7-10H2,3-4H3. The summed E-state index contributed by atoms with van der Waals surface area (Å²) in [6.07, 6.45) is 2.94. The molecule has 0 aliphatic rings. The molecule has 0 N–H and O–H groups in total. The Hall–Kier alpha value is -1.62. The lowest BCUT2D eigenvalue weighted by Gasteiger charge is -2.18. The molecule has 0 atom stereocenters. The first-order valence-corrected chi connectivity index (χ1v) is 5.40. The van der Waals surface area contributed by atoms with E-state index >= 15 is 0 Å². The Labute approximate surface area is 102 Å². The molecule has 0 aliphatic heterocycles. The molecular formula is C12H20N2O3. The molecule has 0 radical (unpaired) electrons. The predicted octanol–water partition coefficient (Wildman–Crippen LogP) is 0.987. The summed E-state index contributed by atoms with van der Waals surface area (Å²) in [7, 11) is 0. The lowest BCUT2D eigenvalue weighted by molar-refractivity contribution is -0.126. The van der Waals surface area contributed by atoms with Crippen molar-refractivity contribution in [3.63, 3.8) is 0 Å². The van der Waals surface area contributed by atoms with E-state index in [9.17, 15) is 9.59 Å². The zero-order valence-corrected chi connectivity index (χ0v) is 10.5. The smallest absolute Gasteiger partial charge is 0.223 e. The Morgan fingerprint density at radius 1 is 1.00 bits per heavy atom. The van der Waals surface area contributed by atoms with E-state index in [1.165, 1.54) is 36.0 Å². The highest BCUT2D eigenvalue weighted by molar-refractivity contribution is 5.74. The summed E-state index contributed by atoms with van der Waals surface area (Å²) in [5.41, 5.74) is 0. The van der Waals surface area contributed by atoms with Gasteiger partial charge in [0.25, 0.3) is 0 Å². The molecule has 0 rings (SSSR count). The molecule has 0 bridgehead atoms. The van der Waals surface area contributed by atoms with Crippen LogP contribution in [0.15, 0.2) is 25.6 Å². The van der Waals surface area contributed by atoms with Crippen molar-refractivity contribution in [1.82, 2.24) is 9.80 Å². The van der Waals surface area contributed by atoms with Crippen molar-refractivity contribution in [3.8, 4) is 0 Å². The summed E-state index contributed by atoms with van der Waals surface area (Å²) in [4.78, 5) is 25.0. The number of hydrogen-bond acceptors (Lipinski definition) is 3. The van der Waals surface area contributed by atoms with Crippen molar-refractivity contribution >= 4 is 11.8 Å². The van der Waals surface area contributed by atoms with Gasteiger partial charge in [0.1, 0.15) is 0 Å². The zero-order valence-electron chi connectivity index (χ0n) is 10.5. The van der Waals surface area contributed by atoms with Gasteiger partial charge in [0, 0.05) is 26.9 Å². The van der Waals surface area contributed by atoms with Gasteiger partial charge >= 0.3 is 0 Å². The summed E-state index contributed by atoms with van der Waals surface area (Å²) in [5.74, 6) is -0.139. The van der Waals surface area contributed by atoms with Crippen LogP contribution in [0.2, 0.25) is 0 Å². The van der Waals surface area contributed by atoms with Crippen LogP contribution in [0.3, 0.4) is 0 Å². The summed E-state index contributed by atoms with van der Waals surface area (Å²) in [6, 6.07) is 0.